The zero-order valence-electron chi connectivity index (χ0n) is 18.6. The van der Waals surface area contributed by atoms with E-state index < -0.39 is 5.54 Å². The van der Waals surface area contributed by atoms with Gasteiger partial charge in [0.2, 0.25) is 0 Å². The lowest BCUT2D eigenvalue weighted by Gasteiger charge is -2.37. The van der Waals surface area contributed by atoms with Crippen LogP contribution in [0.25, 0.3) is 0 Å². The van der Waals surface area contributed by atoms with Gasteiger partial charge >= 0.3 is 0 Å². The Hall–Kier alpha value is -3.34. The summed E-state index contributed by atoms with van der Waals surface area (Å²) in [5, 5.41) is 3.28. The number of aromatic nitrogens is 1. The first-order valence-electron chi connectivity index (χ1n) is 11.5. The molecule has 1 amide bonds. The van der Waals surface area contributed by atoms with Gasteiger partial charge in [0.05, 0.1) is 17.9 Å². The van der Waals surface area contributed by atoms with Crippen molar-refractivity contribution in [2.24, 2.45) is 0 Å². The van der Waals surface area contributed by atoms with Crippen LogP contribution in [0.5, 0.6) is 17.2 Å². The fourth-order valence-electron chi connectivity index (χ4n) is 4.91. The quantitative estimate of drug-likeness (QED) is 0.487. The van der Waals surface area contributed by atoms with E-state index in [0.29, 0.717) is 17.9 Å². The molecule has 0 saturated carbocycles. The van der Waals surface area contributed by atoms with E-state index in [0.717, 1.165) is 46.7 Å². The Kier molecular flexibility index (Phi) is 5.33. The van der Waals surface area contributed by atoms with Crippen molar-refractivity contribution in [3.63, 3.8) is 0 Å². The van der Waals surface area contributed by atoms with E-state index in [1.807, 2.05) is 43.3 Å². The fourth-order valence-corrected chi connectivity index (χ4v) is 4.91. The second kappa shape index (κ2) is 8.30. The van der Waals surface area contributed by atoms with E-state index in [2.05, 4.69) is 23.3 Å². The van der Waals surface area contributed by atoms with Gasteiger partial charge in [0, 0.05) is 23.4 Å². The third kappa shape index (κ3) is 3.15. The summed E-state index contributed by atoms with van der Waals surface area (Å²) in [5.74, 6) is 2.15. The molecule has 1 unspecified atom stereocenters. The number of amides is 1. The second-order valence-electron chi connectivity index (χ2n) is 8.40. The Bertz CT molecular complexity index is 1170. The average molecular weight is 429 g/mol. The van der Waals surface area contributed by atoms with Gasteiger partial charge in [-0.1, -0.05) is 44.4 Å². The normalized spacial score (nSPS) is 17.9. The predicted octanol–water partition coefficient (Wildman–Crippen LogP) is 5.74. The van der Waals surface area contributed by atoms with Crippen LogP contribution in [-0.2, 0) is 12.0 Å². The highest BCUT2D eigenvalue weighted by Crippen LogP contribution is 2.53. The number of nitrogens with zero attached hydrogens (tertiary/aromatic N) is 1. The molecule has 2 aliphatic heterocycles. The molecular formula is C27H28N2O3. The minimum absolute atomic E-state index is 0.117. The van der Waals surface area contributed by atoms with Crippen LogP contribution in [0, 0.1) is 0 Å². The van der Waals surface area contributed by atoms with Gasteiger partial charge in [-0.05, 0) is 49.6 Å². The number of unbranched alkanes of at least 4 members (excludes halogenated alkanes) is 3. The topological polar surface area (TPSA) is 60.5 Å². The van der Waals surface area contributed by atoms with Crippen molar-refractivity contribution >= 4 is 5.91 Å². The summed E-state index contributed by atoms with van der Waals surface area (Å²) in [7, 11) is 0. The summed E-state index contributed by atoms with van der Waals surface area (Å²) < 4.78 is 12.3. The minimum atomic E-state index is -0.874. The van der Waals surface area contributed by atoms with E-state index in [4.69, 9.17) is 9.47 Å². The first kappa shape index (κ1) is 20.6. The molecule has 0 fully saturated rings. The highest BCUT2D eigenvalue weighted by atomic mass is 16.5. The average Bonchev–Trinajstić information content (AvgIpc) is 3.11. The molecule has 2 aliphatic rings. The monoisotopic (exact) mass is 428 g/mol. The van der Waals surface area contributed by atoms with Crippen LogP contribution < -0.4 is 14.8 Å². The zero-order valence-corrected chi connectivity index (χ0v) is 18.6. The largest absolute Gasteiger partial charge is 0.493 e. The molecule has 1 atom stereocenters. The lowest BCUT2D eigenvalue weighted by molar-refractivity contribution is 0.0946. The number of fused-ring (bicyclic) bond motifs is 6. The van der Waals surface area contributed by atoms with Crippen LogP contribution in [0.1, 0.15) is 72.3 Å². The highest BCUT2D eigenvalue weighted by Gasteiger charge is 2.52. The molecule has 5 nitrogen and oxygen atoms in total. The van der Waals surface area contributed by atoms with Crippen LogP contribution in [0.3, 0.4) is 0 Å². The van der Waals surface area contributed by atoms with Crippen LogP contribution in [0.2, 0.25) is 0 Å². The molecule has 1 N–H and O–H groups in total. The van der Waals surface area contributed by atoms with Crippen LogP contribution in [-0.4, -0.2) is 17.5 Å². The first-order chi connectivity index (χ1) is 15.7. The van der Waals surface area contributed by atoms with E-state index in [1.165, 1.54) is 19.3 Å². The number of nitrogens with one attached hydrogen (secondary N) is 1. The number of benzene rings is 2. The van der Waals surface area contributed by atoms with Crippen LogP contribution >= 0.6 is 0 Å². The van der Waals surface area contributed by atoms with Gasteiger partial charge in [-0.3, -0.25) is 9.78 Å². The van der Waals surface area contributed by atoms with Crippen molar-refractivity contribution in [3.05, 3.63) is 82.7 Å². The van der Waals surface area contributed by atoms with Gasteiger partial charge in [0.25, 0.3) is 5.91 Å². The molecule has 3 aromatic rings. The Morgan fingerprint density at radius 1 is 1.00 bits per heavy atom. The summed E-state index contributed by atoms with van der Waals surface area (Å²) in [4.78, 5) is 17.7. The summed E-state index contributed by atoms with van der Waals surface area (Å²) in [6, 6.07) is 15.7. The molecule has 0 bridgehead atoms. The third-order valence-electron chi connectivity index (χ3n) is 6.39. The minimum Gasteiger partial charge on any atom is -0.493 e. The third-order valence-corrected chi connectivity index (χ3v) is 6.39. The molecule has 3 heterocycles. The maximum Gasteiger partial charge on any atom is 0.254 e. The summed E-state index contributed by atoms with van der Waals surface area (Å²) in [6.45, 7) is 4.80. The standard InChI is InChI=1S/C27H28N2O3/c1-3-5-6-7-11-18-16-21-24(17-23(18)31-4-2)32-22-14-9-8-13-20(22)27(21)25-19(26(30)29-27)12-10-15-28-25/h8-10,12-17H,3-7,11H2,1-2H3,(H,29,30). The van der Waals surface area contributed by atoms with E-state index in [-0.39, 0.29) is 5.91 Å². The molecule has 5 heteroatoms. The molecule has 2 aromatic carbocycles. The number of hydrogen-bond donors (Lipinski definition) is 1. The SMILES string of the molecule is CCCCCCc1cc2c(cc1OCC)Oc1ccccc1C21NC(=O)c2cccnc21. The van der Waals surface area contributed by atoms with Crippen molar-refractivity contribution < 1.29 is 14.3 Å². The fraction of sp³-hybridized carbons (Fsp3) is 0.333. The lowest BCUT2D eigenvalue weighted by atomic mass is 9.77. The smallest absolute Gasteiger partial charge is 0.254 e. The van der Waals surface area contributed by atoms with Crippen molar-refractivity contribution in [2.75, 3.05) is 6.61 Å². The maximum atomic E-state index is 13.0. The van der Waals surface area contributed by atoms with Gasteiger partial charge in [0.15, 0.2) is 0 Å². The van der Waals surface area contributed by atoms with Crippen molar-refractivity contribution in [3.8, 4) is 17.2 Å². The summed E-state index contributed by atoms with van der Waals surface area (Å²) in [5.41, 5.74) is 3.41. The number of carbonyl (C=O) groups is 1. The van der Waals surface area contributed by atoms with Gasteiger partial charge in [-0.15, -0.1) is 0 Å². The molecule has 1 spiro atoms. The Morgan fingerprint density at radius 2 is 1.88 bits per heavy atom. The van der Waals surface area contributed by atoms with Crippen LogP contribution in [0.4, 0.5) is 0 Å². The van der Waals surface area contributed by atoms with Crippen molar-refractivity contribution in [1.29, 1.82) is 0 Å². The van der Waals surface area contributed by atoms with Crippen LogP contribution in [0.15, 0.2) is 54.7 Å². The number of ether oxygens (including phenoxy) is 2. The Balaban J connectivity index is 1.71. The second-order valence-corrected chi connectivity index (χ2v) is 8.40. The number of para-hydroxylation sites is 1. The molecular weight excluding hydrogens is 400 g/mol. The number of hydrogen-bond acceptors (Lipinski definition) is 4. The maximum absolute atomic E-state index is 13.0. The molecule has 0 saturated heterocycles. The number of carbonyl (C=O) groups excluding carboxylic acids is 1. The Morgan fingerprint density at radius 3 is 2.72 bits per heavy atom. The molecule has 0 aliphatic carbocycles. The van der Waals surface area contributed by atoms with Gasteiger partial charge < -0.3 is 14.8 Å². The van der Waals surface area contributed by atoms with Crippen molar-refractivity contribution in [2.45, 2.75) is 51.5 Å². The number of rotatable bonds is 7. The Labute approximate surface area is 188 Å². The highest BCUT2D eigenvalue weighted by molar-refractivity contribution is 6.01. The zero-order chi connectivity index (χ0) is 22.1. The summed E-state index contributed by atoms with van der Waals surface area (Å²) in [6.07, 6.45) is 7.37. The first-order valence-corrected chi connectivity index (χ1v) is 11.5. The molecule has 32 heavy (non-hydrogen) atoms. The molecule has 5 rings (SSSR count). The summed E-state index contributed by atoms with van der Waals surface area (Å²) >= 11 is 0. The molecule has 164 valence electrons. The lowest BCUT2D eigenvalue weighted by Crippen LogP contribution is -2.44. The van der Waals surface area contributed by atoms with Crippen molar-refractivity contribution in [1.82, 2.24) is 10.3 Å². The van der Waals surface area contributed by atoms with E-state index in [1.54, 1.807) is 12.3 Å². The number of pyridine rings is 1. The molecule has 0 radical (unpaired) electrons. The van der Waals surface area contributed by atoms with Gasteiger partial charge in [0.1, 0.15) is 22.8 Å². The van der Waals surface area contributed by atoms with E-state index >= 15 is 0 Å². The van der Waals surface area contributed by atoms with Gasteiger partial charge in [-0.25, -0.2) is 0 Å². The molecule has 1 aromatic heterocycles. The van der Waals surface area contributed by atoms with Gasteiger partial charge in [-0.2, -0.15) is 0 Å². The van der Waals surface area contributed by atoms with E-state index in [9.17, 15) is 4.79 Å². The number of aryl methyl sites for hydroxylation is 1. The predicted molar refractivity (Wildman–Crippen MR) is 124 cm³/mol.